The molecule has 0 saturated heterocycles. The Kier molecular flexibility index (Phi) is 6.02. The highest BCUT2D eigenvalue weighted by molar-refractivity contribution is 6.21. The molecule has 40 heavy (non-hydrogen) atoms. The summed E-state index contributed by atoms with van der Waals surface area (Å²) < 4.78 is 0. The van der Waals surface area contributed by atoms with Crippen LogP contribution in [0.1, 0.15) is 11.1 Å². The Bertz CT molecular complexity index is 1810. The summed E-state index contributed by atoms with van der Waals surface area (Å²) in [5.74, 6) is 0. The average molecular weight is 511 g/mol. The molecule has 0 bridgehead atoms. The molecule has 0 aliphatic carbocycles. The van der Waals surface area contributed by atoms with Crippen molar-refractivity contribution in [1.29, 1.82) is 0 Å². The van der Waals surface area contributed by atoms with Crippen molar-refractivity contribution in [3.8, 4) is 44.5 Å². The van der Waals surface area contributed by atoms with Gasteiger partial charge in [-0.25, -0.2) is 0 Å². The summed E-state index contributed by atoms with van der Waals surface area (Å²) in [7, 11) is 0. The Morgan fingerprint density at radius 2 is 0.600 bits per heavy atom. The highest BCUT2D eigenvalue weighted by Crippen LogP contribution is 2.44. The maximum Gasteiger partial charge on any atom is -0.00263 e. The lowest BCUT2D eigenvalue weighted by Gasteiger charge is -2.19. The van der Waals surface area contributed by atoms with Crippen LogP contribution >= 0.6 is 0 Å². The number of rotatable bonds is 4. The van der Waals surface area contributed by atoms with E-state index in [-0.39, 0.29) is 0 Å². The van der Waals surface area contributed by atoms with Gasteiger partial charge < -0.3 is 0 Å². The maximum atomic E-state index is 2.36. The fourth-order valence-electron chi connectivity index (χ4n) is 6.00. The standard InChI is InChI=1S/C40H30/c1-27-13-23-35-37(25-27)39(33-19-15-31(16-20-33)29-9-5-3-6-10-29)36-24-14-28(2)26-38(36)40(35)34-21-17-32(18-22-34)30-11-7-4-8-12-30/h3-26H,1-2H3. The van der Waals surface area contributed by atoms with Crippen molar-refractivity contribution in [2.75, 3.05) is 0 Å². The maximum absolute atomic E-state index is 2.36. The minimum atomic E-state index is 1.24. The molecule has 7 aromatic rings. The molecule has 0 aliphatic heterocycles. The lowest BCUT2D eigenvalue weighted by Crippen LogP contribution is -1.92. The van der Waals surface area contributed by atoms with E-state index in [2.05, 4.69) is 159 Å². The van der Waals surface area contributed by atoms with Crippen molar-refractivity contribution in [2.24, 2.45) is 0 Å². The van der Waals surface area contributed by atoms with E-state index in [1.807, 2.05) is 0 Å². The molecule has 0 nitrogen and oxygen atoms in total. The van der Waals surface area contributed by atoms with E-state index in [9.17, 15) is 0 Å². The first-order valence-electron chi connectivity index (χ1n) is 13.9. The number of hydrogen-bond acceptors (Lipinski definition) is 0. The lowest BCUT2D eigenvalue weighted by atomic mass is 9.84. The van der Waals surface area contributed by atoms with Crippen LogP contribution in [-0.4, -0.2) is 0 Å². The average Bonchev–Trinajstić information content (AvgIpc) is 3.01. The molecule has 7 rings (SSSR count). The summed E-state index contributed by atoms with van der Waals surface area (Å²) in [6.45, 7) is 4.38. The Labute approximate surface area is 236 Å². The third kappa shape index (κ3) is 4.28. The van der Waals surface area contributed by atoms with E-state index in [1.54, 1.807) is 0 Å². The van der Waals surface area contributed by atoms with Crippen LogP contribution in [0.15, 0.2) is 146 Å². The number of aryl methyl sites for hydroxylation is 2. The second kappa shape index (κ2) is 9.98. The van der Waals surface area contributed by atoms with E-state index in [0.717, 1.165) is 0 Å². The molecule has 190 valence electrons. The van der Waals surface area contributed by atoms with Crippen molar-refractivity contribution in [2.45, 2.75) is 13.8 Å². The van der Waals surface area contributed by atoms with Crippen LogP contribution in [0.3, 0.4) is 0 Å². The molecule has 0 saturated carbocycles. The molecule has 0 heteroatoms. The third-order valence-electron chi connectivity index (χ3n) is 7.99. The normalized spacial score (nSPS) is 11.2. The fraction of sp³-hybridized carbons (Fsp3) is 0.0500. The molecule has 0 aromatic heterocycles. The van der Waals surface area contributed by atoms with E-state index >= 15 is 0 Å². The molecule has 0 spiro atoms. The minimum absolute atomic E-state index is 1.24. The summed E-state index contributed by atoms with van der Waals surface area (Å²) in [4.78, 5) is 0. The molecule has 7 aromatic carbocycles. The van der Waals surface area contributed by atoms with E-state index in [0.29, 0.717) is 0 Å². The molecule has 0 atom stereocenters. The van der Waals surface area contributed by atoms with Gasteiger partial charge in [0.1, 0.15) is 0 Å². The Balaban J connectivity index is 1.47. The van der Waals surface area contributed by atoms with Crippen LogP contribution < -0.4 is 0 Å². The molecule has 0 fully saturated rings. The summed E-state index contributed by atoms with van der Waals surface area (Å²) in [5.41, 5.74) is 12.6. The molecule has 0 radical (unpaired) electrons. The third-order valence-corrected chi connectivity index (χ3v) is 7.99. The van der Waals surface area contributed by atoms with Crippen molar-refractivity contribution in [3.63, 3.8) is 0 Å². The zero-order valence-electron chi connectivity index (χ0n) is 22.9. The van der Waals surface area contributed by atoms with Gasteiger partial charge in [0, 0.05) is 0 Å². The quantitative estimate of drug-likeness (QED) is 0.207. The van der Waals surface area contributed by atoms with E-state index < -0.39 is 0 Å². The van der Waals surface area contributed by atoms with Gasteiger partial charge in [-0.15, -0.1) is 0 Å². The predicted octanol–water partition coefficient (Wildman–Crippen LogP) is 11.3. The van der Waals surface area contributed by atoms with Gasteiger partial charge in [-0.3, -0.25) is 0 Å². The van der Waals surface area contributed by atoms with Crippen LogP contribution in [0, 0.1) is 13.8 Å². The fourth-order valence-corrected chi connectivity index (χ4v) is 6.00. The SMILES string of the molecule is Cc1ccc2c(-c3ccc(-c4ccccc4)cc3)c3cc(C)ccc3c(-c3ccc(-c4ccccc4)cc3)c2c1. The Morgan fingerprint density at radius 1 is 0.275 bits per heavy atom. The summed E-state index contributed by atoms with van der Waals surface area (Å²) in [6.07, 6.45) is 0. The first-order chi connectivity index (χ1) is 19.7. The molecule has 0 amide bonds. The first-order valence-corrected chi connectivity index (χ1v) is 13.9. The van der Waals surface area contributed by atoms with Gasteiger partial charge in [-0.1, -0.05) is 157 Å². The van der Waals surface area contributed by atoms with Gasteiger partial charge in [-0.05, 0) is 79.9 Å². The van der Waals surface area contributed by atoms with Crippen LogP contribution in [0.2, 0.25) is 0 Å². The van der Waals surface area contributed by atoms with Gasteiger partial charge in [0.25, 0.3) is 0 Å². The van der Waals surface area contributed by atoms with Crippen molar-refractivity contribution in [1.82, 2.24) is 0 Å². The van der Waals surface area contributed by atoms with Gasteiger partial charge in [0.2, 0.25) is 0 Å². The monoisotopic (exact) mass is 510 g/mol. The van der Waals surface area contributed by atoms with E-state index in [4.69, 9.17) is 0 Å². The smallest absolute Gasteiger partial charge is 0.00263 e. The van der Waals surface area contributed by atoms with E-state index in [1.165, 1.54) is 77.2 Å². The van der Waals surface area contributed by atoms with Crippen molar-refractivity contribution in [3.05, 3.63) is 157 Å². The van der Waals surface area contributed by atoms with Gasteiger partial charge in [0.15, 0.2) is 0 Å². The molecule has 0 N–H and O–H groups in total. The second-order valence-electron chi connectivity index (χ2n) is 10.7. The van der Waals surface area contributed by atoms with Gasteiger partial charge >= 0.3 is 0 Å². The highest BCUT2D eigenvalue weighted by Gasteiger charge is 2.17. The second-order valence-corrected chi connectivity index (χ2v) is 10.7. The number of benzene rings is 7. The Morgan fingerprint density at radius 3 is 0.975 bits per heavy atom. The van der Waals surface area contributed by atoms with Gasteiger partial charge in [0.05, 0.1) is 0 Å². The number of hydrogen-bond donors (Lipinski definition) is 0. The topological polar surface area (TPSA) is 0 Å². The van der Waals surface area contributed by atoms with Crippen LogP contribution in [-0.2, 0) is 0 Å². The van der Waals surface area contributed by atoms with Crippen molar-refractivity contribution < 1.29 is 0 Å². The van der Waals surface area contributed by atoms with Crippen LogP contribution in [0.25, 0.3) is 66.1 Å². The summed E-state index contributed by atoms with van der Waals surface area (Å²) in [5, 5.41) is 5.17. The van der Waals surface area contributed by atoms with Crippen LogP contribution in [0.4, 0.5) is 0 Å². The Hall–Kier alpha value is -4.94. The number of fused-ring (bicyclic) bond motifs is 2. The lowest BCUT2D eigenvalue weighted by molar-refractivity contribution is 1.49. The first kappa shape index (κ1) is 24.1. The molecule has 0 aliphatic rings. The molecular formula is C40H30. The summed E-state index contributed by atoms with van der Waals surface area (Å²) >= 11 is 0. The zero-order chi connectivity index (χ0) is 27.1. The van der Waals surface area contributed by atoms with Gasteiger partial charge in [-0.2, -0.15) is 0 Å². The largest absolute Gasteiger partial charge is 0.0622 e. The van der Waals surface area contributed by atoms with Crippen molar-refractivity contribution >= 4 is 21.5 Å². The summed E-state index contributed by atoms with van der Waals surface area (Å²) in [6, 6.07) is 53.2. The zero-order valence-corrected chi connectivity index (χ0v) is 22.9. The predicted molar refractivity (Wildman–Crippen MR) is 173 cm³/mol. The molecular weight excluding hydrogens is 480 g/mol. The van der Waals surface area contributed by atoms with Crippen LogP contribution in [0.5, 0.6) is 0 Å². The highest BCUT2D eigenvalue weighted by atomic mass is 14.2. The molecule has 0 unspecified atom stereocenters. The molecule has 0 heterocycles. The minimum Gasteiger partial charge on any atom is -0.0622 e.